The van der Waals surface area contributed by atoms with Gasteiger partial charge in [0.2, 0.25) is 0 Å². The maximum absolute atomic E-state index is 13.6. The molecule has 0 atom stereocenters. The number of fused-ring (bicyclic) bond motifs is 1. The molecule has 1 aromatic carbocycles. The van der Waals surface area contributed by atoms with Crippen molar-refractivity contribution in [1.82, 2.24) is 14.3 Å². The van der Waals surface area contributed by atoms with Gasteiger partial charge in [-0.05, 0) is 42.7 Å². The van der Waals surface area contributed by atoms with Gasteiger partial charge in [0, 0.05) is 23.2 Å². The molecule has 0 fully saturated rings. The number of nitrogens with one attached hydrogen (secondary N) is 1. The summed E-state index contributed by atoms with van der Waals surface area (Å²) in [6.45, 7) is 1.64. The third kappa shape index (κ3) is 4.39. The first kappa shape index (κ1) is 21.6. The molecule has 0 aliphatic carbocycles. The minimum Gasteiger partial charge on any atom is -0.322 e. The quantitative estimate of drug-likeness (QED) is 0.353. The lowest BCUT2D eigenvalue weighted by Crippen LogP contribution is -2.14. The van der Waals surface area contributed by atoms with Crippen LogP contribution in [0.2, 0.25) is 5.02 Å². The number of benzene rings is 1. The summed E-state index contributed by atoms with van der Waals surface area (Å²) < 4.78 is 57.5. The maximum Gasteiger partial charge on any atom is 0.418 e. The van der Waals surface area contributed by atoms with Crippen LogP contribution in [0.4, 0.5) is 23.2 Å². The number of alkyl halides is 3. The van der Waals surface area contributed by atoms with Gasteiger partial charge in [-0.25, -0.2) is 14.4 Å². The molecule has 0 saturated carbocycles. The molecule has 1 amide bonds. The lowest BCUT2D eigenvalue weighted by molar-refractivity contribution is -0.136. The highest BCUT2D eigenvalue weighted by atomic mass is 35.5. The number of thiazole rings is 1. The molecule has 0 bridgehead atoms. The second kappa shape index (κ2) is 8.13. The Hall–Kier alpha value is -2.63. The van der Waals surface area contributed by atoms with Crippen molar-refractivity contribution < 1.29 is 22.4 Å². The summed E-state index contributed by atoms with van der Waals surface area (Å²) in [5.41, 5.74) is -0.157. The van der Waals surface area contributed by atoms with Gasteiger partial charge in [0.25, 0.3) is 5.91 Å². The minimum absolute atomic E-state index is 0.0743. The first-order valence-corrected chi connectivity index (χ1v) is 10.6. The van der Waals surface area contributed by atoms with E-state index in [1.807, 2.05) is 0 Å². The summed E-state index contributed by atoms with van der Waals surface area (Å²) in [6.07, 6.45) is -3.35. The van der Waals surface area contributed by atoms with Gasteiger partial charge in [-0.3, -0.25) is 4.79 Å². The van der Waals surface area contributed by atoms with E-state index in [2.05, 4.69) is 19.7 Å². The maximum atomic E-state index is 13.6. The van der Waals surface area contributed by atoms with E-state index in [0.29, 0.717) is 15.6 Å². The molecular formula is C19H11ClF4N4OS2. The molecule has 4 aromatic rings. The standard InChI is InChI=1S/C19H11ClF4N4OS2/c1-8-15(17(29)26-9-2-3-11(20)12(21)6-9)13(31-28-8)7-14-27-16-10(19(22,23)24)4-5-25-18(16)30-14/h2-6H,7H2,1H3,(H,26,29). The zero-order chi connectivity index (χ0) is 22.3. The molecule has 0 aliphatic rings. The van der Waals surface area contributed by atoms with E-state index >= 15 is 0 Å². The van der Waals surface area contributed by atoms with Gasteiger partial charge < -0.3 is 5.32 Å². The Morgan fingerprint density at radius 1 is 1.26 bits per heavy atom. The number of hydrogen-bond donors (Lipinski definition) is 1. The molecule has 12 heteroatoms. The Morgan fingerprint density at radius 2 is 2.03 bits per heavy atom. The number of anilines is 1. The van der Waals surface area contributed by atoms with Gasteiger partial charge in [-0.2, -0.15) is 17.5 Å². The number of pyridine rings is 1. The number of nitrogens with zero attached hydrogens (tertiary/aromatic N) is 3. The second-order valence-corrected chi connectivity index (χ2v) is 8.77. The molecule has 4 rings (SSSR count). The molecule has 0 radical (unpaired) electrons. The van der Waals surface area contributed by atoms with Gasteiger partial charge in [-0.15, -0.1) is 0 Å². The van der Waals surface area contributed by atoms with Crippen molar-refractivity contribution in [2.45, 2.75) is 19.5 Å². The van der Waals surface area contributed by atoms with Crippen molar-refractivity contribution in [3.63, 3.8) is 0 Å². The molecule has 0 aliphatic heterocycles. The van der Waals surface area contributed by atoms with E-state index in [1.54, 1.807) is 6.92 Å². The van der Waals surface area contributed by atoms with Gasteiger partial charge in [0.1, 0.15) is 21.2 Å². The Kier molecular flexibility index (Phi) is 5.67. The summed E-state index contributed by atoms with van der Waals surface area (Å²) >= 11 is 7.73. The van der Waals surface area contributed by atoms with Crippen LogP contribution in [-0.4, -0.2) is 20.2 Å². The number of amides is 1. The molecule has 0 unspecified atom stereocenters. The molecule has 0 saturated heterocycles. The fraction of sp³-hybridized carbons (Fsp3) is 0.158. The summed E-state index contributed by atoms with van der Waals surface area (Å²) in [7, 11) is 0. The fourth-order valence-electron chi connectivity index (χ4n) is 2.91. The van der Waals surface area contributed by atoms with Crippen LogP contribution in [0.3, 0.4) is 0 Å². The monoisotopic (exact) mass is 486 g/mol. The van der Waals surface area contributed by atoms with Gasteiger partial charge in [0.15, 0.2) is 0 Å². The Labute approximate surface area is 185 Å². The van der Waals surface area contributed by atoms with Crippen molar-refractivity contribution in [3.05, 3.63) is 68.0 Å². The smallest absolute Gasteiger partial charge is 0.322 e. The highest BCUT2D eigenvalue weighted by Gasteiger charge is 2.34. The first-order valence-electron chi connectivity index (χ1n) is 8.66. The number of carbonyl (C=O) groups is 1. The molecule has 0 spiro atoms. The average Bonchev–Trinajstić information content (AvgIpc) is 3.26. The molecule has 3 heterocycles. The summed E-state index contributed by atoms with van der Waals surface area (Å²) in [5, 5.41) is 2.88. The van der Waals surface area contributed by atoms with Crippen molar-refractivity contribution in [3.8, 4) is 0 Å². The van der Waals surface area contributed by atoms with Crippen molar-refractivity contribution in [2.24, 2.45) is 0 Å². The average molecular weight is 487 g/mol. The van der Waals surface area contributed by atoms with Gasteiger partial charge in [-0.1, -0.05) is 22.9 Å². The van der Waals surface area contributed by atoms with E-state index in [1.165, 1.54) is 12.1 Å². The van der Waals surface area contributed by atoms with E-state index in [-0.39, 0.29) is 33.0 Å². The predicted octanol–water partition coefficient (Wildman–Crippen LogP) is 6.11. The Morgan fingerprint density at radius 3 is 2.74 bits per heavy atom. The number of carbonyl (C=O) groups excluding carboxylic acids is 1. The second-order valence-electron chi connectivity index (χ2n) is 6.44. The zero-order valence-electron chi connectivity index (χ0n) is 15.6. The first-order chi connectivity index (χ1) is 14.6. The number of hydrogen-bond acceptors (Lipinski definition) is 6. The number of rotatable bonds is 4. The van der Waals surface area contributed by atoms with Crippen molar-refractivity contribution >= 4 is 56.4 Å². The van der Waals surface area contributed by atoms with Crippen LogP contribution in [-0.2, 0) is 12.6 Å². The minimum atomic E-state index is -4.55. The highest BCUT2D eigenvalue weighted by Crippen LogP contribution is 2.36. The SMILES string of the molecule is Cc1nsc(Cc2nc3c(C(F)(F)F)ccnc3s2)c1C(=O)Nc1ccc(Cl)c(F)c1. The van der Waals surface area contributed by atoms with Crippen LogP contribution >= 0.6 is 34.5 Å². The number of halogens is 5. The van der Waals surface area contributed by atoms with Crippen LogP contribution < -0.4 is 5.32 Å². The molecule has 1 N–H and O–H groups in total. The van der Waals surface area contributed by atoms with Crippen molar-refractivity contribution in [1.29, 1.82) is 0 Å². The highest BCUT2D eigenvalue weighted by molar-refractivity contribution is 7.18. The molecule has 31 heavy (non-hydrogen) atoms. The summed E-state index contributed by atoms with van der Waals surface area (Å²) in [6, 6.07) is 4.74. The zero-order valence-corrected chi connectivity index (χ0v) is 17.9. The van der Waals surface area contributed by atoms with Crippen LogP contribution in [0.1, 0.15) is 31.5 Å². The Balaban J connectivity index is 1.63. The van der Waals surface area contributed by atoms with Gasteiger partial charge >= 0.3 is 6.18 Å². The number of aromatic nitrogens is 3. The summed E-state index contributed by atoms with van der Waals surface area (Å²) in [5.74, 6) is -1.19. The summed E-state index contributed by atoms with van der Waals surface area (Å²) in [4.78, 5) is 21.5. The van der Waals surface area contributed by atoms with Gasteiger partial charge in [0.05, 0.1) is 21.8 Å². The van der Waals surface area contributed by atoms with E-state index in [0.717, 1.165) is 41.2 Å². The van der Waals surface area contributed by atoms with E-state index in [9.17, 15) is 22.4 Å². The number of aryl methyl sites for hydroxylation is 1. The van der Waals surface area contributed by atoms with E-state index < -0.39 is 23.5 Å². The lowest BCUT2D eigenvalue weighted by atomic mass is 10.1. The largest absolute Gasteiger partial charge is 0.418 e. The van der Waals surface area contributed by atoms with Crippen LogP contribution in [0.5, 0.6) is 0 Å². The third-order valence-electron chi connectivity index (χ3n) is 4.30. The molecule has 160 valence electrons. The topological polar surface area (TPSA) is 67.8 Å². The normalized spacial score (nSPS) is 11.8. The fourth-order valence-corrected chi connectivity index (χ4v) is 4.94. The molecular weight excluding hydrogens is 476 g/mol. The Bertz CT molecular complexity index is 1300. The van der Waals surface area contributed by atoms with Crippen LogP contribution in [0.15, 0.2) is 30.5 Å². The third-order valence-corrected chi connectivity index (χ3v) is 6.50. The molecule has 5 nitrogen and oxygen atoms in total. The molecule has 3 aromatic heterocycles. The van der Waals surface area contributed by atoms with Crippen LogP contribution in [0, 0.1) is 12.7 Å². The van der Waals surface area contributed by atoms with E-state index in [4.69, 9.17) is 11.6 Å². The lowest BCUT2D eigenvalue weighted by Gasteiger charge is -2.07. The van der Waals surface area contributed by atoms with Crippen molar-refractivity contribution in [2.75, 3.05) is 5.32 Å². The predicted molar refractivity (Wildman–Crippen MR) is 111 cm³/mol. The van der Waals surface area contributed by atoms with Crippen LogP contribution in [0.25, 0.3) is 10.3 Å².